The number of carboxylic acid groups (broad SMARTS) is 1. The summed E-state index contributed by atoms with van der Waals surface area (Å²) < 4.78 is 0. The molecule has 0 aliphatic carbocycles. The predicted octanol–water partition coefficient (Wildman–Crippen LogP) is 1.53. The molecule has 1 atom stereocenters. The van der Waals surface area contributed by atoms with Crippen LogP contribution in [0.3, 0.4) is 0 Å². The van der Waals surface area contributed by atoms with Gasteiger partial charge in [0.15, 0.2) is 0 Å². The highest BCUT2D eigenvalue weighted by atomic mass is 16.4. The molecule has 4 nitrogen and oxygen atoms in total. The van der Waals surface area contributed by atoms with Crippen LogP contribution in [0.1, 0.15) is 45.4 Å². The lowest BCUT2D eigenvalue weighted by Crippen LogP contribution is -2.12. The van der Waals surface area contributed by atoms with Gasteiger partial charge in [0.05, 0.1) is 5.92 Å². The van der Waals surface area contributed by atoms with Gasteiger partial charge in [-0.25, -0.2) is 0 Å². The van der Waals surface area contributed by atoms with Crippen LogP contribution in [0.25, 0.3) is 0 Å². The molecule has 0 fully saturated rings. The van der Waals surface area contributed by atoms with Gasteiger partial charge in [0, 0.05) is 6.42 Å². The summed E-state index contributed by atoms with van der Waals surface area (Å²) in [4.78, 5) is 21.0. The molecule has 0 radical (unpaired) electrons. The van der Waals surface area contributed by atoms with Crippen molar-refractivity contribution in [1.82, 2.24) is 0 Å². The van der Waals surface area contributed by atoms with Crippen LogP contribution in [0.2, 0.25) is 0 Å². The molecule has 0 saturated carbocycles. The predicted molar refractivity (Wildman–Crippen MR) is 53.7 cm³/mol. The van der Waals surface area contributed by atoms with Crippen molar-refractivity contribution in [2.24, 2.45) is 11.7 Å². The molecule has 82 valence electrons. The number of hydrogen-bond acceptors (Lipinski definition) is 2. The van der Waals surface area contributed by atoms with Crippen LogP contribution < -0.4 is 5.73 Å². The lowest BCUT2D eigenvalue weighted by Gasteiger charge is -2.08. The van der Waals surface area contributed by atoms with Crippen LogP contribution in [-0.2, 0) is 9.59 Å². The third-order valence-corrected chi connectivity index (χ3v) is 2.32. The topological polar surface area (TPSA) is 80.4 Å². The van der Waals surface area contributed by atoms with Crippen molar-refractivity contribution in [3.05, 3.63) is 0 Å². The Morgan fingerprint density at radius 1 is 1.29 bits per heavy atom. The number of rotatable bonds is 8. The second-order valence-electron chi connectivity index (χ2n) is 3.51. The number of primary amides is 1. The molecular formula is C10H19NO3. The van der Waals surface area contributed by atoms with E-state index in [4.69, 9.17) is 10.8 Å². The maximum atomic E-state index is 10.6. The Bertz CT molecular complexity index is 192. The minimum Gasteiger partial charge on any atom is -0.481 e. The lowest BCUT2D eigenvalue weighted by molar-refractivity contribution is -0.142. The van der Waals surface area contributed by atoms with Crippen LogP contribution in [-0.4, -0.2) is 17.0 Å². The van der Waals surface area contributed by atoms with Crippen LogP contribution in [0, 0.1) is 5.92 Å². The van der Waals surface area contributed by atoms with Crippen LogP contribution in [0.4, 0.5) is 0 Å². The quantitative estimate of drug-likeness (QED) is 0.584. The number of aliphatic carboxylic acids is 1. The number of amides is 1. The van der Waals surface area contributed by atoms with E-state index >= 15 is 0 Å². The molecule has 0 aromatic rings. The van der Waals surface area contributed by atoms with Gasteiger partial charge in [-0.05, 0) is 19.3 Å². The largest absolute Gasteiger partial charge is 0.481 e. The second kappa shape index (κ2) is 7.35. The van der Waals surface area contributed by atoms with Crippen molar-refractivity contribution in [1.29, 1.82) is 0 Å². The summed E-state index contributed by atoms with van der Waals surface area (Å²) in [5.74, 6) is -1.23. The fourth-order valence-electron chi connectivity index (χ4n) is 1.37. The van der Waals surface area contributed by atoms with E-state index in [1.807, 2.05) is 6.92 Å². The molecule has 0 aromatic carbocycles. The average molecular weight is 201 g/mol. The number of unbranched alkanes of at least 4 members (excludes halogenated alkanes) is 2. The first-order valence-electron chi connectivity index (χ1n) is 5.09. The number of hydrogen-bond donors (Lipinski definition) is 2. The van der Waals surface area contributed by atoms with Gasteiger partial charge in [0.25, 0.3) is 0 Å². The third kappa shape index (κ3) is 6.46. The fourth-order valence-corrected chi connectivity index (χ4v) is 1.37. The molecular weight excluding hydrogens is 182 g/mol. The van der Waals surface area contributed by atoms with Crippen LogP contribution in [0.5, 0.6) is 0 Å². The van der Waals surface area contributed by atoms with E-state index < -0.39 is 5.97 Å². The van der Waals surface area contributed by atoms with E-state index in [1.54, 1.807) is 0 Å². The van der Waals surface area contributed by atoms with Gasteiger partial charge in [-0.1, -0.05) is 19.8 Å². The molecule has 1 unspecified atom stereocenters. The maximum absolute atomic E-state index is 10.6. The van der Waals surface area contributed by atoms with Crippen LogP contribution >= 0.6 is 0 Å². The minimum absolute atomic E-state index is 0.233. The van der Waals surface area contributed by atoms with Gasteiger partial charge in [0.1, 0.15) is 0 Å². The highest BCUT2D eigenvalue weighted by Crippen LogP contribution is 2.14. The van der Waals surface area contributed by atoms with Crippen LogP contribution in [0.15, 0.2) is 0 Å². The molecule has 0 aliphatic heterocycles. The molecule has 1 amide bonds. The Balaban J connectivity index is 3.42. The highest BCUT2D eigenvalue weighted by Gasteiger charge is 2.13. The minimum atomic E-state index is -0.720. The van der Waals surface area contributed by atoms with Gasteiger partial charge in [0.2, 0.25) is 5.91 Å². The SMILES string of the molecule is CCC(CCCCCC(N)=O)C(=O)O. The molecule has 0 rings (SSSR count). The third-order valence-electron chi connectivity index (χ3n) is 2.32. The molecule has 0 saturated heterocycles. The molecule has 3 N–H and O–H groups in total. The lowest BCUT2D eigenvalue weighted by atomic mass is 9.98. The summed E-state index contributed by atoms with van der Waals surface area (Å²) in [6, 6.07) is 0. The Hall–Kier alpha value is -1.06. The van der Waals surface area contributed by atoms with Crippen molar-refractivity contribution >= 4 is 11.9 Å². The zero-order chi connectivity index (χ0) is 11.0. The van der Waals surface area contributed by atoms with Crippen molar-refractivity contribution in [2.45, 2.75) is 45.4 Å². The Kier molecular flexibility index (Phi) is 6.80. The molecule has 0 heterocycles. The van der Waals surface area contributed by atoms with Crippen molar-refractivity contribution in [3.8, 4) is 0 Å². The Morgan fingerprint density at radius 3 is 2.36 bits per heavy atom. The Labute approximate surface area is 84.5 Å². The normalized spacial score (nSPS) is 12.4. The fraction of sp³-hybridized carbons (Fsp3) is 0.800. The van der Waals surface area contributed by atoms with Crippen molar-refractivity contribution in [3.63, 3.8) is 0 Å². The monoisotopic (exact) mass is 201 g/mol. The second-order valence-corrected chi connectivity index (χ2v) is 3.51. The first-order chi connectivity index (χ1) is 6.57. The number of carbonyl (C=O) groups is 2. The zero-order valence-corrected chi connectivity index (χ0v) is 8.66. The molecule has 0 aliphatic rings. The molecule has 4 heteroatoms. The van der Waals surface area contributed by atoms with Gasteiger partial charge in [-0.2, -0.15) is 0 Å². The molecule has 0 spiro atoms. The summed E-state index contributed by atoms with van der Waals surface area (Å²) in [6.07, 6.45) is 4.29. The van der Waals surface area contributed by atoms with E-state index in [0.29, 0.717) is 19.3 Å². The number of carbonyl (C=O) groups excluding carboxylic acids is 1. The average Bonchev–Trinajstić information content (AvgIpc) is 2.10. The summed E-state index contributed by atoms with van der Waals surface area (Å²) >= 11 is 0. The molecule has 14 heavy (non-hydrogen) atoms. The van der Waals surface area contributed by atoms with Gasteiger partial charge in [-0.3, -0.25) is 9.59 Å². The van der Waals surface area contributed by atoms with E-state index in [2.05, 4.69) is 0 Å². The van der Waals surface area contributed by atoms with Crippen molar-refractivity contribution < 1.29 is 14.7 Å². The maximum Gasteiger partial charge on any atom is 0.306 e. The van der Waals surface area contributed by atoms with Gasteiger partial charge >= 0.3 is 5.97 Å². The molecule has 0 bridgehead atoms. The van der Waals surface area contributed by atoms with E-state index in [1.165, 1.54) is 0 Å². The standard InChI is InChI=1S/C10H19NO3/c1-2-8(10(13)14)6-4-3-5-7-9(11)12/h8H,2-7H2,1H3,(H2,11,12)(H,13,14). The van der Waals surface area contributed by atoms with Gasteiger partial charge < -0.3 is 10.8 Å². The summed E-state index contributed by atoms with van der Waals surface area (Å²) in [5, 5.41) is 8.74. The van der Waals surface area contributed by atoms with E-state index in [-0.39, 0.29) is 11.8 Å². The smallest absolute Gasteiger partial charge is 0.306 e. The number of carboxylic acids is 1. The zero-order valence-electron chi connectivity index (χ0n) is 8.66. The first kappa shape index (κ1) is 12.9. The van der Waals surface area contributed by atoms with E-state index in [0.717, 1.165) is 19.3 Å². The Morgan fingerprint density at radius 2 is 1.93 bits per heavy atom. The van der Waals surface area contributed by atoms with Crippen molar-refractivity contribution in [2.75, 3.05) is 0 Å². The number of nitrogens with two attached hydrogens (primary N) is 1. The molecule has 0 aromatic heterocycles. The summed E-state index contributed by atoms with van der Waals surface area (Å²) in [6.45, 7) is 1.88. The van der Waals surface area contributed by atoms with Gasteiger partial charge in [-0.15, -0.1) is 0 Å². The first-order valence-corrected chi connectivity index (χ1v) is 5.09. The summed E-state index contributed by atoms with van der Waals surface area (Å²) in [5.41, 5.74) is 4.98. The summed E-state index contributed by atoms with van der Waals surface area (Å²) in [7, 11) is 0. The highest BCUT2D eigenvalue weighted by molar-refractivity contribution is 5.73. The van der Waals surface area contributed by atoms with E-state index in [9.17, 15) is 9.59 Å².